The van der Waals surface area contributed by atoms with Crippen LogP contribution in [0.1, 0.15) is 12.5 Å². The van der Waals surface area contributed by atoms with E-state index in [1.54, 1.807) is 6.08 Å². The van der Waals surface area contributed by atoms with Crippen molar-refractivity contribution in [3.05, 3.63) is 81.4 Å². The Morgan fingerprint density at radius 2 is 1.67 bits per heavy atom. The van der Waals surface area contributed by atoms with Crippen molar-refractivity contribution in [2.75, 3.05) is 5.01 Å². The average Bonchev–Trinajstić information content (AvgIpc) is 3.23. The first-order chi connectivity index (χ1) is 14.6. The van der Waals surface area contributed by atoms with Crippen molar-refractivity contribution in [2.24, 2.45) is 0 Å². The molecule has 1 saturated heterocycles. The van der Waals surface area contributed by atoms with Gasteiger partial charge in [0.2, 0.25) is 0 Å². The van der Waals surface area contributed by atoms with Crippen LogP contribution < -0.4 is 10.4 Å². The average molecular weight is 507 g/mol. The second kappa shape index (κ2) is 7.28. The monoisotopic (exact) mass is 507 g/mol. The number of hydrazine groups is 1. The van der Waals surface area contributed by atoms with Gasteiger partial charge in [-0.2, -0.15) is 0 Å². The number of hydrogen-bond acceptors (Lipinski definition) is 2. The summed E-state index contributed by atoms with van der Waals surface area (Å²) in [6.45, 7) is 3.00. The molecule has 1 aliphatic rings. The minimum Gasteiger partial charge on any atom is -0.341 e. The smallest absolute Gasteiger partial charge is 0.282 e. The van der Waals surface area contributed by atoms with Gasteiger partial charge in [0.25, 0.3) is 11.8 Å². The van der Waals surface area contributed by atoms with Crippen LogP contribution in [0.2, 0.25) is 0 Å². The van der Waals surface area contributed by atoms with Crippen molar-refractivity contribution < 1.29 is 9.59 Å². The number of aromatic nitrogens is 1. The van der Waals surface area contributed by atoms with Gasteiger partial charge < -0.3 is 4.57 Å². The largest absolute Gasteiger partial charge is 0.341 e. The summed E-state index contributed by atoms with van der Waals surface area (Å²) >= 11 is 2.20. The van der Waals surface area contributed by atoms with Crippen molar-refractivity contribution in [3.8, 4) is 0 Å². The highest BCUT2D eigenvalue weighted by molar-refractivity contribution is 14.1. The van der Waals surface area contributed by atoms with Crippen molar-refractivity contribution in [1.82, 2.24) is 9.99 Å². The lowest BCUT2D eigenvalue weighted by molar-refractivity contribution is -0.117. The first kappa shape index (κ1) is 18.9. The van der Waals surface area contributed by atoms with Gasteiger partial charge in [-0.15, -0.1) is 0 Å². The summed E-state index contributed by atoms with van der Waals surface area (Å²) in [5.74, 6) is -0.744. The molecule has 1 fully saturated rings. The highest BCUT2D eigenvalue weighted by Crippen LogP contribution is 2.31. The van der Waals surface area contributed by atoms with Gasteiger partial charge in [-0.3, -0.25) is 15.0 Å². The van der Waals surface area contributed by atoms with E-state index in [9.17, 15) is 9.59 Å². The Labute approximate surface area is 187 Å². The van der Waals surface area contributed by atoms with Crippen molar-refractivity contribution in [3.63, 3.8) is 0 Å². The fraction of sp³-hybridized carbons (Fsp3) is 0.0833. The van der Waals surface area contributed by atoms with E-state index in [1.165, 1.54) is 10.5 Å². The first-order valence-electron chi connectivity index (χ1n) is 9.70. The lowest BCUT2D eigenvalue weighted by Crippen LogP contribution is -2.35. The molecule has 0 aliphatic carbocycles. The highest BCUT2D eigenvalue weighted by atomic mass is 127. The molecule has 0 saturated carbocycles. The maximum Gasteiger partial charge on any atom is 0.282 e. The molecule has 0 radical (unpaired) electrons. The van der Waals surface area contributed by atoms with Gasteiger partial charge in [0.15, 0.2) is 0 Å². The number of nitrogens with one attached hydrogen (secondary N) is 1. The van der Waals surface area contributed by atoms with Crippen molar-refractivity contribution in [2.45, 2.75) is 13.5 Å². The van der Waals surface area contributed by atoms with Crippen LogP contribution in [0, 0.1) is 3.57 Å². The number of aryl methyl sites for hydroxylation is 1. The third kappa shape index (κ3) is 2.99. The number of rotatable bonds is 3. The van der Waals surface area contributed by atoms with E-state index in [1.807, 2.05) is 48.5 Å². The van der Waals surface area contributed by atoms with Gasteiger partial charge in [-0.05, 0) is 83.6 Å². The van der Waals surface area contributed by atoms with Gasteiger partial charge in [-0.1, -0.05) is 24.3 Å². The second-order valence-corrected chi connectivity index (χ2v) is 8.40. The molecule has 30 heavy (non-hydrogen) atoms. The SMILES string of the molecule is CCn1c2ccccc2c2cc(/C=C3/C(=O)NN(c4ccc(I)cc4)C3=O)ccc21. The number of amides is 2. The number of fused-ring (bicyclic) bond motifs is 3. The Kier molecular flexibility index (Phi) is 4.58. The Morgan fingerprint density at radius 3 is 2.43 bits per heavy atom. The topological polar surface area (TPSA) is 54.3 Å². The minimum atomic E-state index is -0.394. The molecule has 2 amide bonds. The highest BCUT2D eigenvalue weighted by Gasteiger charge is 2.34. The van der Waals surface area contributed by atoms with Crippen LogP contribution in [-0.4, -0.2) is 16.4 Å². The molecule has 0 spiro atoms. The van der Waals surface area contributed by atoms with Crippen LogP contribution in [0.3, 0.4) is 0 Å². The van der Waals surface area contributed by atoms with Crippen LogP contribution in [0.5, 0.6) is 0 Å². The summed E-state index contributed by atoms with van der Waals surface area (Å²) in [4.78, 5) is 25.4. The lowest BCUT2D eigenvalue weighted by atomic mass is 10.1. The van der Waals surface area contributed by atoms with Crippen molar-refractivity contribution >= 4 is 68.0 Å². The zero-order valence-electron chi connectivity index (χ0n) is 16.2. The molecule has 6 heteroatoms. The van der Waals surface area contributed by atoms with Gasteiger partial charge in [-0.25, -0.2) is 5.01 Å². The molecule has 0 atom stereocenters. The number of carbonyl (C=O) groups is 2. The molecule has 4 aromatic rings. The van der Waals surface area contributed by atoms with Crippen LogP contribution in [-0.2, 0) is 16.1 Å². The number of nitrogens with zero attached hydrogens (tertiary/aromatic N) is 2. The van der Waals surface area contributed by atoms with E-state index in [2.05, 4.69) is 57.7 Å². The molecule has 0 bridgehead atoms. The zero-order chi connectivity index (χ0) is 20.8. The molecule has 0 unspecified atom stereocenters. The van der Waals surface area contributed by atoms with Crippen LogP contribution >= 0.6 is 22.6 Å². The quantitative estimate of drug-likeness (QED) is 0.244. The Balaban J connectivity index is 1.57. The Morgan fingerprint density at radius 1 is 0.933 bits per heavy atom. The number of anilines is 1. The van der Waals surface area contributed by atoms with Crippen LogP contribution in [0.4, 0.5) is 5.69 Å². The third-order valence-electron chi connectivity index (χ3n) is 5.40. The van der Waals surface area contributed by atoms with Gasteiger partial charge in [0, 0.05) is 31.9 Å². The van der Waals surface area contributed by atoms with Crippen LogP contribution in [0.15, 0.2) is 72.3 Å². The fourth-order valence-electron chi connectivity index (χ4n) is 4.00. The van der Waals surface area contributed by atoms with Gasteiger partial charge in [0.1, 0.15) is 5.57 Å². The molecule has 5 rings (SSSR count). The minimum absolute atomic E-state index is 0.132. The molecule has 1 aromatic heterocycles. The molecular formula is C24H18IN3O2. The maximum absolute atomic E-state index is 12.9. The molecule has 1 aliphatic heterocycles. The summed E-state index contributed by atoms with van der Waals surface area (Å²) in [5, 5.41) is 3.57. The summed E-state index contributed by atoms with van der Waals surface area (Å²) in [7, 11) is 0. The van der Waals surface area contributed by atoms with Crippen LogP contribution in [0.25, 0.3) is 27.9 Å². The molecule has 5 nitrogen and oxygen atoms in total. The zero-order valence-corrected chi connectivity index (χ0v) is 18.4. The number of hydrogen-bond donors (Lipinski definition) is 1. The third-order valence-corrected chi connectivity index (χ3v) is 6.12. The van der Waals surface area contributed by atoms with E-state index in [4.69, 9.17) is 0 Å². The van der Waals surface area contributed by atoms with E-state index < -0.39 is 5.91 Å². The molecule has 1 N–H and O–H groups in total. The maximum atomic E-state index is 12.9. The number of benzene rings is 3. The lowest BCUT2D eigenvalue weighted by Gasteiger charge is -2.14. The summed E-state index contributed by atoms with van der Waals surface area (Å²) < 4.78 is 3.33. The molecule has 2 heterocycles. The molecular weight excluding hydrogens is 489 g/mol. The first-order valence-corrected chi connectivity index (χ1v) is 10.8. The molecule has 148 valence electrons. The van der Waals surface area contributed by atoms with Crippen molar-refractivity contribution in [1.29, 1.82) is 0 Å². The predicted octanol–water partition coefficient (Wildman–Crippen LogP) is 4.88. The van der Waals surface area contributed by atoms with E-state index >= 15 is 0 Å². The van der Waals surface area contributed by atoms with E-state index in [-0.39, 0.29) is 11.5 Å². The van der Waals surface area contributed by atoms with Gasteiger partial charge >= 0.3 is 0 Å². The number of carbonyl (C=O) groups excluding carboxylic acids is 2. The second-order valence-electron chi connectivity index (χ2n) is 7.15. The Hall–Kier alpha value is -3.13. The Bertz CT molecular complexity index is 1350. The molecule has 3 aromatic carbocycles. The predicted molar refractivity (Wildman–Crippen MR) is 128 cm³/mol. The number of halogens is 1. The van der Waals surface area contributed by atoms with Gasteiger partial charge in [0.05, 0.1) is 5.69 Å². The van der Waals surface area contributed by atoms with E-state index in [0.717, 1.165) is 32.0 Å². The number of para-hydroxylation sites is 1. The summed E-state index contributed by atoms with van der Waals surface area (Å²) in [6, 6.07) is 21.8. The fourth-order valence-corrected chi connectivity index (χ4v) is 4.36. The normalized spacial score (nSPS) is 15.5. The summed E-state index contributed by atoms with van der Waals surface area (Å²) in [5.41, 5.74) is 6.57. The standard InChI is InChI=1S/C24H18IN3O2/c1-2-27-21-6-4-3-5-18(21)19-13-15(7-12-22(19)27)14-20-23(29)26-28(24(20)30)17-10-8-16(25)9-11-17/h3-14H,2H2,1H3,(H,26,29)/b20-14-. The summed E-state index contributed by atoms with van der Waals surface area (Å²) in [6.07, 6.45) is 1.67. The van der Waals surface area contributed by atoms with E-state index in [0.29, 0.717) is 5.69 Å².